The van der Waals surface area contributed by atoms with Crippen molar-refractivity contribution in [3.8, 4) is 0 Å². The van der Waals surface area contributed by atoms with Crippen LogP contribution in [0.4, 0.5) is 5.69 Å². The topological polar surface area (TPSA) is 58.2 Å². The Hall–Kier alpha value is -3.11. The first kappa shape index (κ1) is 21.6. The van der Waals surface area contributed by atoms with E-state index >= 15 is 0 Å². The van der Waals surface area contributed by atoms with Crippen LogP contribution < -0.4 is 10.6 Å². The lowest BCUT2D eigenvalue weighted by Crippen LogP contribution is -2.24. The van der Waals surface area contributed by atoms with Crippen molar-refractivity contribution in [2.75, 3.05) is 11.9 Å². The number of anilines is 1. The van der Waals surface area contributed by atoms with Crippen LogP contribution in [-0.2, 0) is 12.8 Å². The molecule has 0 saturated heterocycles. The van der Waals surface area contributed by atoms with E-state index in [1.165, 1.54) is 5.56 Å². The summed E-state index contributed by atoms with van der Waals surface area (Å²) < 4.78 is 0. The summed E-state index contributed by atoms with van der Waals surface area (Å²) in [5.41, 5.74) is 3.80. The van der Waals surface area contributed by atoms with Gasteiger partial charge in [-0.15, -0.1) is 0 Å². The zero-order valence-electron chi connectivity index (χ0n) is 17.0. The van der Waals surface area contributed by atoms with Crippen LogP contribution in [0.3, 0.4) is 0 Å². The first-order valence-corrected chi connectivity index (χ1v) is 10.5. The molecule has 0 saturated carbocycles. The van der Waals surface area contributed by atoms with Crippen molar-refractivity contribution < 1.29 is 9.59 Å². The molecule has 0 aliphatic heterocycles. The van der Waals surface area contributed by atoms with Gasteiger partial charge in [-0.3, -0.25) is 9.59 Å². The third-order valence-electron chi connectivity index (χ3n) is 4.79. The highest BCUT2D eigenvalue weighted by atomic mass is 35.5. The third kappa shape index (κ3) is 5.71. The fourth-order valence-electron chi connectivity index (χ4n) is 3.19. The summed E-state index contributed by atoms with van der Waals surface area (Å²) in [6.07, 6.45) is 2.48. The highest BCUT2D eigenvalue weighted by molar-refractivity contribution is 6.34. The Kier molecular flexibility index (Phi) is 7.63. The number of carbonyl (C=O) groups excluding carboxylic acids is 2. The Labute approximate surface area is 182 Å². The van der Waals surface area contributed by atoms with Crippen molar-refractivity contribution in [2.45, 2.75) is 26.2 Å². The van der Waals surface area contributed by atoms with E-state index in [9.17, 15) is 9.59 Å². The van der Waals surface area contributed by atoms with Crippen molar-refractivity contribution in [3.05, 3.63) is 100 Å². The number of halogens is 1. The van der Waals surface area contributed by atoms with Gasteiger partial charge < -0.3 is 10.6 Å². The second-order valence-electron chi connectivity index (χ2n) is 7.05. The lowest BCUT2D eigenvalue weighted by molar-refractivity contribution is 0.0953. The van der Waals surface area contributed by atoms with Crippen LogP contribution in [-0.4, -0.2) is 18.4 Å². The fraction of sp³-hybridized carbons (Fsp3) is 0.200. The monoisotopic (exact) mass is 420 g/mol. The maximum Gasteiger partial charge on any atom is 0.255 e. The Morgan fingerprint density at radius 1 is 0.833 bits per heavy atom. The summed E-state index contributed by atoms with van der Waals surface area (Å²) in [5.74, 6) is -0.413. The molecule has 30 heavy (non-hydrogen) atoms. The molecular formula is C25H25ClN2O2. The number of amides is 2. The predicted molar refractivity (Wildman–Crippen MR) is 122 cm³/mol. The van der Waals surface area contributed by atoms with Crippen LogP contribution in [0, 0.1) is 0 Å². The molecule has 5 heteroatoms. The molecule has 0 spiro atoms. The van der Waals surface area contributed by atoms with Crippen molar-refractivity contribution >= 4 is 29.1 Å². The quantitative estimate of drug-likeness (QED) is 0.504. The predicted octanol–water partition coefficient (Wildman–Crippen LogP) is 5.52. The summed E-state index contributed by atoms with van der Waals surface area (Å²) in [6.45, 7) is 2.58. The molecule has 3 aromatic carbocycles. The van der Waals surface area contributed by atoms with Gasteiger partial charge in [0.2, 0.25) is 0 Å². The highest BCUT2D eigenvalue weighted by Crippen LogP contribution is 2.22. The fourth-order valence-corrected chi connectivity index (χ4v) is 3.46. The molecule has 0 bridgehead atoms. The molecule has 2 amide bonds. The maximum absolute atomic E-state index is 12.9. The molecule has 4 nitrogen and oxygen atoms in total. The van der Waals surface area contributed by atoms with Crippen LogP contribution in [0.15, 0.2) is 72.8 Å². The molecule has 0 aliphatic carbocycles. The zero-order valence-corrected chi connectivity index (χ0v) is 17.7. The van der Waals surface area contributed by atoms with E-state index in [0.29, 0.717) is 28.4 Å². The van der Waals surface area contributed by atoms with Gasteiger partial charge in [-0.1, -0.05) is 67.1 Å². The number of hydrogen-bond donors (Lipinski definition) is 2. The molecule has 3 aromatic rings. The summed E-state index contributed by atoms with van der Waals surface area (Å²) in [4.78, 5) is 25.0. The van der Waals surface area contributed by atoms with Crippen molar-refractivity contribution in [1.82, 2.24) is 5.32 Å². The van der Waals surface area contributed by atoms with E-state index in [4.69, 9.17) is 11.6 Å². The van der Waals surface area contributed by atoms with Gasteiger partial charge in [-0.2, -0.15) is 0 Å². The van der Waals surface area contributed by atoms with Crippen LogP contribution in [0.1, 0.15) is 45.2 Å². The van der Waals surface area contributed by atoms with E-state index in [1.807, 2.05) is 49.4 Å². The zero-order chi connectivity index (χ0) is 21.3. The molecule has 0 aromatic heterocycles. The number of rotatable bonds is 8. The lowest BCUT2D eigenvalue weighted by atomic mass is 9.99. The van der Waals surface area contributed by atoms with Gasteiger partial charge in [0.25, 0.3) is 11.8 Å². The molecule has 0 heterocycles. The van der Waals surface area contributed by atoms with Gasteiger partial charge in [0.1, 0.15) is 0 Å². The first-order valence-electron chi connectivity index (χ1n) is 10.1. The Morgan fingerprint density at radius 2 is 1.57 bits per heavy atom. The molecule has 0 radical (unpaired) electrons. The second-order valence-corrected chi connectivity index (χ2v) is 7.45. The van der Waals surface area contributed by atoms with Crippen molar-refractivity contribution in [3.63, 3.8) is 0 Å². The number of nitrogens with one attached hydrogen (secondary N) is 2. The number of hydrogen-bond acceptors (Lipinski definition) is 2. The lowest BCUT2D eigenvalue weighted by Gasteiger charge is -2.12. The molecule has 3 rings (SSSR count). The standard InChI is InChI=1S/C25H25ClN2O2/c1-2-16-27-24(29)22-15-14-20(17-23(22)26)28-25(30)21-11-7-6-10-19(21)13-12-18-8-4-3-5-9-18/h3-11,14-15,17H,2,12-13,16H2,1H3,(H,27,29)(H,28,30). The van der Waals surface area contributed by atoms with E-state index in [0.717, 1.165) is 24.8 Å². The van der Waals surface area contributed by atoms with E-state index in [1.54, 1.807) is 18.2 Å². The maximum atomic E-state index is 12.9. The summed E-state index contributed by atoms with van der Waals surface area (Å²) >= 11 is 6.27. The van der Waals surface area contributed by atoms with Crippen LogP contribution >= 0.6 is 11.6 Å². The molecule has 0 atom stereocenters. The minimum Gasteiger partial charge on any atom is -0.352 e. The van der Waals surface area contributed by atoms with Gasteiger partial charge in [0.15, 0.2) is 0 Å². The first-order chi connectivity index (χ1) is 14.6. The Balaban J connectivity index is 1.70. The van der Waals surface area contributed by atoms with Crippen molar-refractivity contribution in [2.24, 2.45) is 0 Å². The van der Waals surface area contributed by atoms with Crippen LogP contribution in [0.25, 0.3) is 0 Å². The highest BCUT2D eigenvalue weighted by Gasteiger charge is 2.14. The molecular weight excluding hydrogens is 396 g/mol. The minimum absolute atomic E-state index is 0.196. The average molecular weight is 421 g/mol. The van der Waals surface area contributed by atoms with E-state index < -0.39 is 0 Å². The van der Waals surface area contributed by atoms with E-state index in [-0.39, 0.29) is 11.8 Å². The smallest absolute Gasteiger partial charge is 0.255 e. The molecule has 0 unspecified atom stereocenters. The SMILES string of the molecule is CCCNC(=O)c1ccc(NC(=O)c2ccccc2CCc2ccccc2)cc1Cl. The Bertz CT molecular complexity index is 1020. The van der Waals surface area contributed by atoms with Gasteiger partial charge in [0.05, 0.1) is 10.6 Å². The summed E-state index contributed by atoms with van der Waals surface area (Å²) in [7, 11) is 0. The molecule has 0 fully saturated rings. The third-order valence-corrected chi connectivity index (χ3v) is 5.11. The number of aryl methyl sites for hydroxylation is 2. The minimum atomic E-state index is -0.217. The van der Waals surface area contributed by atoms with Gasteiger partial charge >= 0.3 is 0 Å². The molecule has 2 N–H and O–H groups in total. The van der Waals surface area contributed by atoms with Crippen LogP contribution in [0.2, 0.25) is 5.02 Å². The number of benzene rings is 3. The normalized spacial score (nSPS) is 10.5. The second kappa shape index (κ2) is 10.6. The molecule has 0 aliphatic rings. The molecule has 154 valence electrons. The number of carbonyl (C=O) groups is 2. The van der Waals surface area contributed by atoms with Gasteiger partial charge in [-0.25, -0.2) is 0 Å². The van der Waals surface area contributed by atoms with Gasteiger partial charge in [0, 0.05) is 17.8 Å². The summed E-state index contributed by atoms with van der Waals surface area (Å²) in [5, 5.41) is 6.00. The summed E-state index contributed by atoms with van der Waals surface area (Å²) in [6, 6.07) is 22.7. The van der Waals surface area contributed by atoms with E-state index in [2.05, 4.69) is 22.8 Å². The Morgan fingerprint density at radius 3 is 2.30 bits per heavy atom. The average Bonchev–Trinajstić information content (AvgIpc) is 2.77. The largest absolute Gasteiger partial charge is 0.352 e. The van der Waals surface area contributed by atoms with Gasteiger partial charge in [-0.05, 0) is 54.7 Å². The van der Waals surface area contributed by atoms with Crippen LogP contribution in [0.5, 0.6) is 0 Å². The van der Waals surface area contributed by atoms with Crippen molar-refractivity contribution in [1.29, 1.82) is 0 Å².